The molecule has 5 heteroatoms. The summed E-state index contributed by atoms with van der Waals surface area (Å²) in [5.74, 6) is 2.33. The van der Waals surface area contributed by atoms with Crippen molar-refractivity contribution in [2.45, 2.75) is 13.8 Å². The number of methoxy groups -OCH3 is 3. The number of ether oxygens (including phenoxy) is 3. The molecule has 0 saturated heterocycles. The maximum atomic E-state index is 12.7. The van der Waals surface area contributed by atoms with Crippen LogP contribution in [0.5, 0.6) is 17.2 Å². The Hall–Kier alpha value is -2.43. The van der Waals surface area contributed by atoms with E-state index in [2.05, 4.69) is 0 Å². The lowest BCUT2D eigenvalue weighted by atomic mass is 10.0. The summed E-state index contributed by atoms with van der Waals surface area (Å²) in [6.45, 7) is 3.56. The molecule has 0 unspecified atom stereocenters. The molecule has 0 amide bonds. The van der Waals surface area contributed by atoms with Crippen molar-refractivity contribution in [3.63, 3.8) is 0 Å². The van der Waals surface area contributed by atoms with Crippen molar-refractivity contribution < 1.29 is 23.4 Å². The van der Waals surface area contributed by atoms with E-state index in [-0.39, 0.29) is 5.78 Å². The van der Waals surface area contributed by atoms with E-state index in [4.69, 9.17) is 18.6 Å². The molecule has 21 heavy (non-hydrogen) atoms. The Morgan fingerprint density at radius 1 is 0.952 bits per heavy atom. The van der Waals surface area contributed by atoms with E-state index >= 15 is 0 Å². The highest BCUT2D eigenvalue weighted by Crippen LogP contribution is 2.40. The first kappa shape index (κ1) is 15.0. The van der Waals surface area contributed by atoms with Gasteiger partial charge in [-0.1, -0.05) is 0 Å². The molecule has 5 nitrogen and oxygen atoms in total. The Kier molecular flexibility index (Phi) is 4.21. The highest BCUT2D eigenvalue weighted by atomic mass is 16.5. The third-order valence-corrected chi connectivity index (χ3v) is 3.23. The predicted octanol–water partition coefficient (Wildman–Crippen LogP) is 3.15. The smallest absolute Gasteiger partial charge is 0.204 e. The van der Waals surface area contributed by atoms with Crippen LogP contribution in [-0.4, -0.2) is 27.1 Å². The fourth-order valence-electron chi connectivity index (χ4n) is 2.28. The minimum Gasteiger partial charge on any atom is -0.493 e. The Labute approximate surface area is 123 Å². The van der Waals surface area contributed by atoms with E-state index in [9.17, 15) is 4.79 Å². The number of benzene rings is 1. The van der Waals surface area contributed by atoms with Gasteiger partial charge in [-0.3, -0.25) is 4.79 Å². The van der Waals surface area contributed by atoms with E-state index in [1.165, 1.54) is 21.3 Å². The molecule has 1 heterocycles. The van der Waals surface area contributed by atoms with Gasteiger partial charge in [0.15, 0.2) is 17.3 Å². The monoisotopic (exact) mass is 290 g/mol. The topological polar surface area (TPSA) is 57.9 Å². The molecule has 2 rings (SSSR count). The van der Waals surface area contributed by atoms with Crippen LogP contribution >= 0.6 is 0 Å². The van der Waals surface area contributed by atoms with E-state index in [1.807, 2.05) is 0 Å². The molecule has 1 aromatic carbocycles. The summed E-state index contributed by atoms with van der Waals surface area (Å²) in [6, 6.07) is 5.05. The molecule has 2 aromatic rings. The average molecular weight is 290 g/mol. The van der Waals surface area contributed by atoms with E-state index in [1.54, 1.807) is 32.0 Å². The molecule has 0 saturated carbocycles. The number of carbonyl (C=O) groups excluding carboxylic acids is 1. The van der Waals surface area contributed by atoms with E-state index < -0.39 is 0 Å². The molecular weight excluding hydrogens is 272 g/mol. The van der Waals surface area contributed by atoms with Crippen molar-refractivity contribution in [2.24, 2.45) is 0 Å². The standard InChI is InChI=1S/C16H18O5/c1-9-8-12(10(2)21-9)14(17)11-6-7-13(18-3)16(20-5)15(11)19-4/h6-8H,1-5H3. The summed E-state index contributed by atoms with van der Waals surface area (Å²) in [5.41, 5.74) is 0.914. The lowest BCUT2D eigenvalue weighted by molar-refractivity contribution is 0.103. The maximum Gasteiger partial charge on any atom is 0.204 e. The summed E-state index contributed by atoms with van der Waals surface area (Å²) in [4.78, 5) is 12.7. The van der Waals surface area contributed by atoms with Gasteiger partial charge in [0.2, 0.25) is 5.75 Å². The third-order valence-electron chi connectivity index (χ3n) is 3.23. The molecule has 0 spiro atoms. The molecular formula is C16H18O5. The first-order valence-corrected chi connectivity index (χ1v) is 6.44. The minimum absolute atomic E-state index is 0.179. The van der Waals surface area contributed by atoms with Crippen LogP contribution in [0.15, 0.2) is 22.6 Å². The van der Waals surface area contributed by atoms with Crippen LogP contribution in [0.2, 0.25) is 0 Å². The van der Waals surface area contributed by atoms with Gasteiger partial charge in [0.25, 0.3) is 0 Å². The molecule has 0 atom stereocenters. The molecule has 0 aliphatic rings. The Balaban J connectivity index is 2.58. The van der Waals surface area contributed by atoms with Gasteiger partial charge in [-0.15, -0.1) is 0 Å². The summed E-state index contributed by atoms with van der Waals surface area (Å²) in [6.07, 6.45) is 0. The van der Waals surface area contributed by atoms with E-state index in [0.29, 0.717) is 39.9 Å². The molecule has 0 radical (unpaired) electrons. The lowest BCUT2D eigenvalue weighted by Gasteiger charge is -2.14. The average Bonchev–Trinajstić information content (AvgIpc) is 2.83. The number of hydrogen-bond acceptors (Lipinski definition) is 5. The second-order valence-corrected chi connectivity index (χ2v) is 4.54. The molecule has 0 aliphatic carbocycles. The second kappa shape index (κ2) is 5.91. The second-order valence-electron chi connectivity index (χ2n) is 4.54. The molecule has 0 bridgehead atoms. The van der Waals surface area contributed by atoms with Crippen LogP contribution in [0.4, 0.5) is 0 Å². The van der Waals surface area contributed by atoms with Gasteiger partial charge in [-0.2, -0.15) is 0 Å². The quantitative estimate of drug-likeness (QED) is 0.792. The summed E-state index contributed by atoms with van der Waals surface area (Å²) in [5, 5.41) is 0. The van der Waals surface area contributed by atoms with Crippen molar-refractivity contribution in [3.8, 4) is 17.2 Å². The van der Waals surface area contributed by atoms with Crippen LogP contribution in [0.1, 0.15) is 27.4 Å². The van der Waals surface area contributed by atoms with Gasteiger partial charge in [0, 0.05) is 0 Å². The van der Waals surface area contributed by atoms with Crippen LogP contribution in [0, 0.1) is 13.8 Å². The van der Waals surface area contributed by atoms with Crippen molar-refractivity contribution in [1.29, 1.82) is 0 Å². The van der Waals surface area contributed by atoms with E-state index in [0.717, 1.165) is 0 Å². The summed E-state index contributed by atoms with van der Waals surface area (Å²) < 4.78 is 21.3. The number of furan rings is 1. The molecule has 112 valence electrons. The zero-order valence-electron chi connectivity index (χ0n) is 12.8. The lowest BCUT2D eigenvalue weighted by Crippen LogP contribution is -2.06. The van der Waals surface area contributed by atoms with Gasteiger partial charge < -0.3 is 18.6 Å². The highest BCUT2D eigenvalue weighted by Gasteiger charge is 2.24. The van der Waals surface area contributed by atoms with Crippen LogP contribution in [-0.2, 0) is 0 Å². The third kappa shape index (κ3) is 2.59. The molecule has 0 fully saturated rings. The molecule has 1 aromatic heterocycles. The van der Waals surface area contributed by atoms with Gasteiger partial charge in [0.05, 0.1) is 32.5 Å². The van der Waals surface area contributed by atoms with Gasteiger partial charge in [-0.05, 0) is 32.0 Å². The fraction of sp³-hybridized carbons (Fsp3) is 0.312. The van der Waals surface area contributed by atoms with Crippen molar-refractivity contribution in [2.75, 3.05) is 21.3 Å². The van der Waals surface area contributed by atoms with Gasteiger partial charge in [-0.25, -0.2) is 0 Å². The fourth-order valence-corrected chi connectivity index (χ4v) is 2.28. The predicted molar refractivity (Wildman–Crippen MR) is 77.7 cm³/mol. The molecule has 0 aliphatic heterocycles. The maximum absolute atomic E-state index is 12.7. The normalized spacial score (nSPS) is 10.3. The zero-order chi connectivity index (χ0) is 15.6. The number of hydrogen-bond donors (Lipinski definition) is 0. The molecule has 0 N–H and O–H groups in total. The first-order chi connectivity index (χ1) is 10.0. The van der Waals surface area contributed by atoms with Crippen LogP contribution < -0.4 is 14.2 Å². The number of aryl methyl sites for hydroxylation is 2. The van der Waals surface area contributed by atoms with Crippen molar-refractivity contribution >= 4 is 5.78 Å². The number of ketones is 1. The first-order valence-electron chi connectivity index (χ1n) is 6.44. The number of rotatable bonds is 5. The SMILES string of the molecule is COc1ccc(C(=O)c2cc(C)oc2C)c(OC)c1OC. The summed E-state index contributed by atoms with van der Waals surface area (Å²) >= 11 is 0. The Bertz CT molecular complexity index is 670. The summed E-state index contributed by atoms with van der Waals surface area (Å²) in [7, 11) is 4.52. The highest BCUT2D eigenvalue weighted by molar-refractivity contribution is 6.12. The number of carbonyl (C=O) groups is 1. The largest absolute Gasteiger partial charge is 0.493 e. The van der Waals surface area contributed by atoms with Gasteiger partial charge >= 0.3 is 0 Å². The zero-order valence-corrected chi connectivity index (χ0v) is 12.8. The van der Waals surface area contributed by atoms with Gasteiger partial charge in [0.1, 0.15) is 11.5 Å². The Morgan fingerprint density at radius 3 is 2.10 bits per heavy atom. The Morgan fingerprint density at radius 2 is 1.62 bits per heavy atom. The van der Waals surface area contributed by atoms with Crippen LogP contribution in [0.3, 0.4) is 0 Å². The van der Waals surface area contributed by atoms with Crippen molar-refractivity contribution in [1.82, 2.24) is 0 Å². The van der Waals surface area contributed by atoms with Crippen LogP contribution in [0.25, 0.3) is 0 Å². The van der Waals surface area contributed by atoms with Crippen molar-refractivity contribution in [3.05, 3.63) is 40.8 Å². The minimum atomic E-state index is -0.179.